The number of carbonyl (C=O) groups excluding carboxylic acids is 1. The second-order valence-corrected chi connectivity index (χ2v) is 6.58. The Bertz CT molecular complexity index is 966. The van der Waals surface area contributed by atoms with Gasteiger partial charge in [0, 0.05) is 36.4 Å². The van der Waals surface area contributed by atoms with Gasteiger partial charge in [0.05, 0.1) is 24.0 Å². The van der Waals surface area contributed by atoms with Crippen molar-refractivity contribution in [2.45, 2.75) is 6.42 Å². The number of fused-ring (bicyclic) bond motifs is 1. The number of pyridine rings is 1. The lowest BCUT2D eigenvalue weighted by Crippen LogP contribution is -2.24. The average Bonchev–Trinajstić information content (AvgIpc) is 2.99. The molecule has 0 atom stereocenters. The van der Waals surface area contributed by atoms with Crippen molar-refractivity contribution in [1.82, 2.24) is 20.1 Å². The molecule has 3 aromatic rings. The summed E-state index contributed by atoms with van der Waals surface area (Å²) in [6.45, 7) is 0.925. The summed E-state index contributed by atoms with van der Waals surface area (Å²) in [7, 11) is 1.87. The largest absolute Gasteiger partial charge is 0.491 e. The van der Waals surface area contributed by atoms with Crippen molar-refractivity contribution in [2.24, 2.45) is 7.05 Å². The normalized spacial score (nSPS) is 13.5. The molecule has 2 aromatic heterocycles. The molecule has 3 heterocycles. The van der Waals surface area contributed by atoms with E-state index in [-0.39, 0.29) is 5.91 Å². The van der Waals surface area contributed by atoms with E-state index in [1.165, 1.54) is 0 Å². The van der Waals surface area contributed by atoms with E-state index in [4.69, 9.17) is 16.3 Å². The SMILES string of the molecule is Cn1cc(-c2ccc(Cc3cc4c(cc3Cl)OCCNC4=O)cn2)cn1. The Morgan fingerprint density at radius 1 is 1.31 bits per heavy atom. The smallest absolute Gasteiger partial charge is 0.255 e. The summed E-state index contributed by atoms with van der Waals surface area (Å²) in [5.41, 5.74) is 4.22. The van der Waals surface area contributed by atoms with Gasteiger partial charge in [-0.25, -0.2) is 0 Å². The number of aromatic nitrogens is 3. The van der Waals surface area contributed by atoms with Crippen LogP contribution < -0.4 is 10.1 Å². The predicted molar refractivity (Wildman–Crippen MR) is 98.5 cm³/mol. The first-order chi connectivity index (χ1) is 12.6. The van der Waals surface area contributed by atoms with Gasteiger partial charge in [0.2, 0.25) is 0 Å². The molecular weight excluding hydrogens is 352 g/mol. The van der Waals surface area contributed by atoms with Crippen molar-refractivity contribution in [3.05, 3.63) is 64.6 Å². The first-order valence-corrected chi connectivity index (χ1v) is 8.65. The van der Waals surface area contributed by atoms with Crippen LogP contribution in [0.3, 0.4) is 0 Å². The second kappa shape index (κ2) is 6.80. The number of carbonyl (C=O) groups is 1. The third-order valence-corrected chi connectivity index (χ3v) is 4.61. The summed E-state index contributed by atoms with van der Waals surface area (Å²) in [5, 5.41) is 7.55. The first-order valence-electron chi connectivity index (χ1n) is 8.27. The zero-order valence-corrected chi connectivity index (χ0v) is 15.0. The zero-order chi connectivity index (χ0) is 18.1. The highest BCUT2D eigenvalue weighted by Gasteiger charge is 2.19. The fourth-order valence-electron chi connectivity index (χ4n) is 2.93. The third kappa shape index (κ3) is 3.28. The molecule has 0 fully saturated rings. The van der Waals surface area contributed by atoms with E-state index in [0.29, 0.717) is 35.9 Å². The molecule has 7 heteroatoms. The van der Waals surface area contributed by atoms with Gasteiger partial charge in [0.15, 0.2) is 0 Å². The molecule has 0 bridgehead atoms. The summed E-state index contributed by atoms with van der Waals surface area (Å²) >= 11 is 6.40. The van der Waals surface area contributed by atoms with Gasteiger partial charge in [-0.3, -0.25) is 14.5 Å². The lowest BCUT2D eigenvalue weighted by Gasteiger charge is -2.11. The molecule has 1 aromatic carbocycles. The van der Waals surface area contributed by atoms with E-state index in [2.05, 4.69) is 15.4 Å². The predicted octanol–water partition coefficient (Wildman–Crippen LogP) is 2.85. The van der Waals surface area contributed by atoms with Crippen molar-refractivity contribution < 1.29 is 9.53 Å². The summed E-state index contributed by atoms with van der Waals surface area (Å²) in [6, 6.07) is 7.48. The summed E-state index contributed by atoms with van der Waals surface area (Å²) in [6.07, 6.45) is 6.11. The van der Waals surface area contributed by atoms with Crippen LogP contribution in [0.1, 0.15) is 21.5 Å². The molecule has 4 rings (SSSR count). The molecule has 0 aliphatic carbocycles. The molecular formula is C19H17ClN4O2. The maximum Gasteiger partial charge on any atom is 0.255 e. The highest BCUT2D eigenvalue weighted by atomic mass is 35.5. The Morgan fingerprint density at radius 3 is 2.92 bits per heavy atom. The van der Waals surface area contributed by atoms with Gasteiger partial charge in [-0.15, -0.1) is 0 Å². The van der Waals surface area contributed by atoms with Crippen LogP contribution in [0.4, 0.5) is 0 Å². The molecule has 0 saturated heterocycles. The van der Waals surface area contributed by atoms with Gasteiger partial charge >= 0.3 is 0 Å². The first kappa shape index (κ1) is 16.6. The van der Waals surface area contributed by atoms with E-state index in [0.717, 1.165) is 22.4 Å². The van der Waals surface area contributed by atoms with Crippen LogP contribution in [0.5, 0.6) is 5.75 Å². The van der Waals surface area contributed by atoms with Crippen LogP contribution in [-0.2, 0) is 13.5 Å². The molecule has 0 spiro atoms. The van der Waals surface area contributed by atoms with Gasteiger partial charge in [0.25, 0.3) is 5.91 Å². The Labute approximate surface area is 155 Å². The Kier molecular flexibility index (Phi) is 4.34. The topological polar surface area (TPSA) is 69.0 Å². The Hall–Kier alpha value is -2.86. The van der Waals surface area contributed by atoms with E-state index in [1.807, 2.05) is 31.6 Å². The number of benzene rings is 1. The number of amides is 1. The standard InChI is InChI=1S/C19H17ClN4O2/c1-24-11-14(10-23-24)17-3-2-12(9-22-17)6-13-7-15-18(8-16(13)20)26-5-4-21-19(15)25/h2-3,7-11H,4-6H2,1H3,(H,21,25). The van der Waals surface area contributed by atoms with Gasteiger partial charge in [-0.05, 0) is 29.3 Å². The minimum atomic E-state index is -0.138. The van der Waals surface area contributed by atoms with Crippen molar-refractivity contribution in [2.75, 3.05) is 13.2 Å². The van der Waals surface area contributed by atoms with Crippen molar-refractivity contribution in [3.8, 4) is 17.0 Å². The van der Waals surface area contributed by atoms with Crippen LogP contribution >= 0.6 is 11.6 Å². The van der Waals surface area contributed by atoms with Gasteiger partial charge < -0.3 is 10.1 Å². The molecule has 0 saturated carbocycles. The lowest BCUT2D eigenvalue weighted by atomic mass is 10.0. The number of hydrogen-bond acceptors (Lipinski definition) is 4. The fraction of sp³-hybridized carbons (Fsp3) is 0.211. The maximum atomic E-state index is 12.2. The number of rotatable bonds is 3. The van der Waals surface area contributed by atoms with Crippen LogP contribution in [0.15, 0.2) is 42.9 Å². The summed E-state index contributed by atoms with van der Waals surface area (Å²) < 4.78 is 7.33. The summed E-state index contributed by atoms with van der Waals surface area (Å²) in [5.74, 6) is 0.388. The van der Waals surface area contributed by atoms with Crippen LogP contribution in [0.2, 0.25) is 5.02 Å². The average molecular weight is 369 g/mol. The van der Waals surface area contributed by atoms with Gasteiger partial charge in [-0.1, -0.05) is 17.7 Å². The molecule has 26 heavy (non-hydrogen) atoms. The fourth-order valence-corrected chi connectivity index (χ4v) is 3.15. The molecule has 0 unspecified atom stereocenters. The molecule has 0 radical (unpaired) electrons. The minimum Gasteiger partial charge on any atom is -0.491 e. The number of aryl methyl sites for hydroxylation is 1. The quantitative estimate of drug-likeness (QED) is 0.771. The van der Waals surface area contributed by atoms with E-state index < -0.39 is 0 Å². The van der Waals surface area contributed by atoms with E-state index in [1.54, 1.807) is 23.0 Å². The number of ether oxygens (including phenoxy) is 1. The summed E-state index contributed by atoms with van der Waals surface area (Å²) in [4.78, 5) is 16.7. The van der Waals surface area contributed by atoms with Gasteiger partial charge in [0.1, 0.15) is 12.4 Å². The van der Waals surface area contributed by atoms with E-state index >= 15 is 0 Å². The zero-order valence-electron chi connectivity index (χ0n) is 14.2. The van der Waals surface area contributed by atoms with Crippen molar-refractivity contribution in [1.29, 1.82) is 0 Å². The highest BCUT2D eigenvalue weighted by Crippen LogP contribution is 2.30. The number of nitrogens with one attached hydrogen (secondary N) is 1. The number of halogens is 1. The van der Waals surface area contributed by atoms with Crippen molar-refractivity contribution in [3.63, 3.8) is 0 Å². The molecule has 1 N–H and O–H groups in total. The van der Waals surface area contributed by atoms with Crippen molar-refractivity contribution >= 4 is 17.5 Å². The molecule has 1 aliphatic rings. The molecule has 6 nitrogen and oxygen atoms in total. The minimum absolute atomic E-state index is 0.138. The molecule has 1 amide bonds. The lowest BCUT2D eigenvalue weighted by molar-refractivity contribution is 0.0957. The second-order valence-electron chi connectivity index (χ2n) is 6.18. The number of hydrogen-bond donors (Lipinski definition) is 1. The Balaban J connectivity index is 1.60. The van der Waals surface area contributed by atoms with E-state index in [9.17, 15) is 4.79 Å². The number of nitrogens with zero attached hydrogens (tertiary/aromatic N) is 3. The highest BCUT2D eigenvalue weighted by molar-refractivity contribution is 6.31. The van der Waals surface area contributed by atoms with Crippen LogP contribution in [0.25, 0.3) is 11.3 Å². The van der Waals surface area contributed by atoms with Crippen LogP contribution in [-0.4, -0.2) is 33.8 Å². The van der Waals surface area contributed by atoms with Crippen LogP contribution in [0, 0.1) is 0 Å². The molecule has 132 valence electrons. The van der Waals surface area contributed by atoms with Gasteiger partial charge in [-0.2, -0.15) is 5.10 Å². The monoisotopic (exact) mass is 368 g/mol. The Morgan fingerprint density at radius 2 is 2.19 bits per heavy atom. The third-order valence-electron chi connectivity index (χ3n) is 4.26. The maximum absolute atomic E-state index is 12.2. The molecule has 1 aliphatic heterocycles.